The van der Waals surface area contributed by atoms with E-state index in [-0.39, 0.29) is 11.7 Å². The summed E-state index contributed by atoms with van der Waals surface area (Å²) in [6.45, 7) is 5.59. The van der Waals surface area contributed by atoms with E-state index >= 15 is 0 Å². The second-order valence-electron chi connectivity index (χ2n) is 7.08. The maximum atomic E-state index is 13.0. The Bertz CT molecular complexity index is 378. The summed E-state index contributed by atoms with van der Waals surface area (Å²) >= 11 is 0. The predicted octanol–water partition coefficient (Wildman–Crippen LogP) is 1.95. The fourth-order valence-corrected chi connectivity index (χ4v) is 4.41. The fraction of sp³-hybridized carbons (Fsp3) is 0.938. The van der Waals surface area contributed by atoms with Crippen molar-refractivity contribution in [1.82, 2.24) is 15.1 Å². The smallest absolute Gasteiger partial charge is 0.244 e. The third-order valence-corrected chi connectivity index (χ3v) is 5.84. The summed E-state index contributed by atoms with van der Waals surface area (Å²) in [4.78, 5) is 17.7. The Morgan fingerprint density at radius 1 is 1.35 bits per heavy atom. The largest absolute Gasteiger partial charge is 0.322 e. The van der Waals surface area contributed by atoms with E-state index in [1.54, 1.807) is 0 Å². The molecule has 114 valence electrons. The van der Waals surface area contributed by atoms with E-state index in [4.69, 9.17) is 0 Å². The van der Waals surface area contributed by atoms with Crippen molar-refractivity contribution in [3.8, 4) is 0 Å². The zero-order valence-electron chi connectivity index (χ0n) is 13.2. The van der Waals surface area contributed by atoms with Crippen LogP contribution in [0.5, 0.6) is 0 Å². The number of rotatable bonds is 2. The molecule has 3 aliphatic rings. The van der Waals surface area contributed by atoms with Gasteiger partial charge in [-0.15, -0.1) is 0 Å². The van der Waals surface area contributed by atoms with E-state index in [1.807, 2.05) is 0 Å². The predicted molar refractivity (Wildman–Crippen MR) is 80.4 cm³/mol. The van der Waals surface area contributed by atoms with Gasteiger partial charge in [0, 0.05) is 18.6 Å². The van der Waals surface area contributed by atoms with Gasteiger partial charge in [-0.2, -0.15) is 0 Å². The zero-order valence-corrected chi connectivity index (χ0v) is 13.2. The summed E-state index contributed by atoms with van der Waals surface area (Å²) in [6.07, 6.45) is 8.02. The quantitative estimate of drug-likeness (QED) is 0.839. The van der Waals surface area contributed by atoms with Crippen LogP contribution in [0.3, 0.4) is 0 Å². The average Bonchev–Trinajstić information content (AvgIpc) is 3.01. The van der Waals surface area contributed by atoms with E-state index in [9.17, 15) is 4.79 Å². The first-order chi connectivity index (χ1) is 9.57. The third kappa shape index (κ3) is 2.17. The summed E-state index contributed by atoms with van der Waals surface area (Å²) < 4.78 is 0. The standard InChI is InChI=1S/C16H29N3O/c1-4-14-17-16(8-5-6-9-16)15(20)19(14)13-7-10-18(3)12(2)11-13/h12-14,17H,4-11H2,1-3H3. The molecule has 0 aromatic heterocycles. The molecule has 4 nitrogen and oxygen atoms in total. The number of piperidine rings is 1. The van der Waals surface area contributed by atoms with Gasteiger partial charge in [-0.1, -0.05) is 19.8 Å². The molecular weight excluding hydrogens is 250 g/mol. The molecule has 0 aromatic rings. The number of carbonyl (C=O) groups is 1. The Kier molecular flexibility index (Phi) is 3.80. The van der Waals surface area contributed by atoms with Crippen LogP contribution in [0.1, 0.15) is 58.8 Å². The molecule has 3 atom stereocenters. The minimum Gasteiger partial charge on any atom is -0.322 e. The van der Waals surface area contributed by atoms with Crippen molar-refractivity contribution in [3.05, 3.63) is 0 Å². The number of nitrogens with zero attached hydrogens (tertiary/aromatic N) is 2. The Morgan fingerprint density at radius 3 is 2.65 bits per heavy atom. The molecule has 1 N–H and O–H groups in total. The SMILES string of the molecule is CCC1NC2(CCCC2)C(=O)N1C1CCN(C)C(C)C1. The number of hydrogen-bond acceptors (Lipinski definition) is 3. The first kappa shape index (κ1) is 14.3. The normalized spacial score (nSPS) is 38.0. The summed E-state index contributed by atoms with van der Waals surface area (Å²) in [7, 11) is 2.20. The highest BCUT2D eigenvalue weighted by atomic mass is 16.2. The summed E-state index contributed by atoms with van der Waals surface area (Å²) in [6, 6.07) is 1.02. The maximum Gasteiger partial charge on any atom is 0.244 e. The molecule has 2 saturated heterocycles. The second-order valence-corrected chi connectivity index (χ2v) is 7.08. The van der Waals surface area contributed by atoms with E-state index < -0.39 is 0 Å². The van der Waals surface area contributed by atoms with E-state index in [0.29, 0.717) is 18.0 Å². The first-order valence-corrected chi connectivity index (χ1v) is 8.38. The van der Waals surface area contributed by atoms with Gasteiger partial charge >= 0.3 is 0 Å². The van der Waals surface area contributed by atoms with Crippen LogP contribution in [-0.4, -0.2) is 53.1 Å². The van der Waals surface area contributed by atoms with Gasteiger partial charge in [0.15, 0.2) is 0 Å². The molecule has 0 aromatic carbocycles. The van der Waals surface area contributed by atoms with Crippen molar-refractivity contribution in [2.24, 2.45) is 0 Å². The molecule has 3 unspecified atom stereocenters. The number of hydrogen-bond donors (Lipinski definition) is 1. The number of carbonyl (C=O) groups excluding carboxylic acids is 1. The van der Waals surface area contributed by atoms with Crippen molar-refractivity contribution in [2.75, 3.05) is 13.6 Å². The fourth-order valence-electron chi connectivity index (χ4n) is 4.41. The molecule has 1 amide bonds. The molecular formula is C16H29N3O. The molecule has 0 bridgehead atoms. The van der Waals surface area contributed by atoms with Gasteiger partial charge in [0.1, 0.15) is 0 Å². The van der Waals surface area contributed by atoms with Crippen LogP contribution in [-0.2, 0) is 4.79 Å². The minimum atomic E-state index is -0.201. The lowest BCUT2D eigenvalue weighted by Crippen LogP contribution is -2.52. The van der Waals surface area contributed by atoms with Gasteiger partial charge in [0.05, 0.1) is 11.7 Å². The van der Waals surface area contributed by atoms with E-state index in [1.165, 1.54) is 12.8 Å². The molecule has 2 aliphatic heterocycles. The zero-order chi connectivity index (χ0) is 14.3. The Hall–Kier alpha value is -0.610. The lowest BCUT2D eigenvalue weighted by Gasteiger charge is -2.41. The van der Waals surface area contributed by atoms with Crippen LogP contribution in [0.25, 0.3) is 0 Å². The summed E-state index contributed by atoms with van der Waals surface area (Å²) in [5.74, 6) is 0.406. The van der Waals surface area contributed by atoms with Crippen LogP contribution < -0.4 is 5.32 Å². The van der Waals surface area contributed by atoms with Crippen LogP contribution in [0, 0.1) is 0 Å². The van der Waals surface area contributed by atoms with Crippen molar-refractivity contribution >= 4 is 5.91 Å². The Balaban J connectivity index is 1.79. The molecule has 1 spiro atoms. The van der Waals surface area contributed by atoms with Crippen molar-refractivity contribution < 1.29 is 4.79 Å². The third-order valence-electron chi connectivity index (χ3n) is 5.84. The highest BCUT2D eigenvalue weighted by molar-refractivity contribution is 5.89. The highest BCUT2D eigenvalue weighted by Crippen LogP contribution is 2.39. The van der Waals surface area contributed by atoms with Gasteiger partial charge in [-0.05, 0) is 46.1 Å². The van der Waals surface area contributed by atoms with Gasteiger partial charge in [0.25, 0.3) is 0 Å². The minimum absolute atomic E-state index is 0.201. The number of amides is 1. The summed E-state index contributed by atoms with van der Waals surface area (Å²) in [5.41, 5.74) is -0.201. The highest BCUT2D eigenvalue weighted by Gasteiger charge is 2.53. The topological polar surface area (TPSA) is 35.6 Å². The van der Waals surface area contributed by atoms with E-state index in [2.05, 4.69) is 36.0 Å². The van der Waals surface area contributed by atoms with Crippen LogP contribution in [0.2, 0.25) is 0 Å². The van der Waals surface area contributed by atoms with Crippen molar-refractivity contribution in [2.45, 2.75) is 82.6 Å². The van der Waals surface area contributed by atoms with Crippen LogP contribution >= 0.6 is 0 Å². The Morgan fingerprint density at radius 2 is 2.05 bits per heavy atom. The maximum absolute atomic E-state index is 13.0. The lowest BCUT2D eigenvalue weighted by atomic mass is 9.94. The Labute approximate surface area is 122 Å². The monoisotopic (exact) mass is 279 g/mol. The molecule has 1 aliphatic carbocycles. The van der Waals surface area contributed by atoms with Gasteiger partial charge in [0.2, 0.25) is 5.91 Å². The molecule has 0 radical (unpaired) electrons. The number of likely N-dealkylation sites (tertiary alicyclic amines) is 1. The van der Waals surface area contributed by atoms with Gasteiger partial charge in [-0.25, -0.2) is 0 Å². The molecule has 2 heterocycles. The van der Waals surface area contributed by atoms with Crippen molar-refractivity contribution in [3.63, 3.8) is 0 Å². The van der Waals surface area contributed by atoms with E-state index in [0.717, 1.165) is 38.6 Å². The summed E-state index contributed by atoms with van der Waals surface area (Å²) in [5, 5.41) is 3.70. The van der Waals surface area contributed by atoms with Crippen LogP contribution in [0.4, 0.5) is 0 Å². The van der Waals surface area contributed by atoms with Gasteiger partial charge in [-0.3, -0.25) is 10.1 Å². The second kappa shape index (κ2) is 5.30. The average molecular weight is 279 g/mol. The lowest BCUT2D eigenvalue weighted by molar-refractivity contribution is -0.136. The molecule has 1 saturated carbocycles. The number of nitrogens with one attached hydrogen (secondary N) is 1. The molecule has 4 heteroatoms. The first-order valence-electron chi connectivity index (χ1n) is 8.38. The molecule has 20 heavy (non-hydrogen) atoms. The molecule has 3 rings (SSSR count). The molecule has 3 fully saturated rings. The van der Waals surface area contributed by atoms with Crippen LogP contribution in [0.15, 0.2) is 0 Å². The van der Waals surface area contributed by atoms with Gasteiger partial charge < -0.3 is 9.80 Å². The van der Waals surface area contributed by atoms with Crippen molar-refractivity contribution in [1.29, 1.82) is 0 Å².